The number of fused-ring (bicyclic) bond motifs is 1. The SMILES string of the molecule is CC(C)[C@H](NC(=O)Cc1cccc2ccccc12)C(=O)Nc1ccc(S(C)(=O)=O)cc1. The van der Waals surface area contributed by atoms with Crippen molar-refractivity contribution in [2.24, 2.45) is 5.92 Å². The van der Waals surface area contributed by atoms with Crippen molar-refractivity contribution in [1.82, 2.24) is 5.32 Å². The molecule has 0 aromatic heterocycles. The van der Waals surface area contributed by atoms with Crippen LogP contribution in [0.25, 0.3) is 10.8 Å². The Balaban J connectivity index is 1.70. The van der Waals surface area contributed by atoms with Gasteiger partial charge in [0, 0.05) is 11.9 Å². The number of hydrogen-bond donors (Lipinski definition) is 2. The van der Waals surface area contributed by atoms with Gasteiger partial charge >= 0.3 is 0 Å². The average Bonchev–Trinajstić information content (AvgIpc) is 2.72. The second kappa shape index (κ2) is 9.31. The summed E-state index contributed by atoms with van der Waals surface area (Å²) in [5.41, 5.74) is 1.36. The lowest BCUT2D eigenvalue weighted by Gasteiger charge is -2.22. The van der Waals surface area contributed by atoms with Crippen molar-refractivity contribution in [2.45, 2.75) is 31.2 Å². The highest BCUT2D eigenvalue weighted by atomic mass is 32.2. The van der Waals surface area contributed by atoms with Gasteiger partial charge in [-0.1, -0.05) is 56.3 Å². The minimum Gasteiger partial charge on any atom is -0.344 e. The molecular weight excluding hydrogens is 412 g/mol. The summed E-state index contributed by atoms with van der Waals surface area (Å²) in [6, 6.07) is 18.9. The number of carbonyl (C=O) groups excluding carboxylic acids is 2. The highest BCUT2D eigenvalue weighted by Gasteiger charge is 2.24. The van der Waals surface area contributed by atoms with E-state index in [0.717, 1.165) is 22.6 Å². The van der Waals surface area contributed by atoms with E-state index < -0.39 is 15.9 Å². The van der Waals surface area contributed by atoms with Crippen LogP contribution in [0.4, 0.5) is 5.69 Å². The molecule has 2 N–H and O–H groups in total. The van der Waals surface area contributed by atoms with Gasteiger partial charge in [0.2, 0.25) is 11.8 Å². The van der Waals surface area contributed by atoms with Crippen molar-refractivity contribution < 1.29 is 18.0 Å². The van der Waals surface area contributed by atoms with Crippen LogP contribution in [0.3, 0.4) is 0 Å². The Morgan fingerprint density at radius 3 is 2.19 bits per heavy atom. The fourth-order valence-electron chi connectivity index (χ4n) is 3.38. The van der Waals surface area contributed by atoms with Gasteiger partial charge < -0.3 is 10.6 Å². The number of nitrogens with one attached hydrogen (secondary N) is 2. The van der Waals surface area contributed by atoms with E-state index in [-0.39, 0.29) is 29.0 Å². The van der Waals surface area contributed by atoms with E-state index in [1.165, 1.54) is 24.3 Å². The molecule has 6 nitrogen and oxygen atoms in total. The van der Waals surface area contributed by atoms with E-state index in [4.69, 9.17) is 0 Å². The summed E-state index contributed by atoms with van der Waals surface area (Å²) < 4.78 is 23.2. The monoisotopic (exact) mass is 438 g/mol. The summed E-state index contributed by atoms with van der Waals surface area (Å²) in [5, 5.41) is 7.66. The first-order valence-electron chi connectivity index (χ1n) is 10.0. The van der Waals surface area contributed by atoms with Crippen molar-refractivity contribution in [1.29, 1.82) is 0 Å². The van der Waals surface area contributed by atoms with Gasteiger partial charge in [-0.2, -0.15) is 0 Å². The number of anilines is 1. The zero-order valence-corrected chi connectivity index (χ0v) is 18.6. The largest absolute Gasteiger partial charge is 0.344 e. The van der Waals surface area contributed by atoms with Crippen LogP contribution < -0.4 is 10.6 Å². The molecule has 31 heavy (non-hydrogen) atoms. The Bertz CT molecular complexity index is 1200. The molecule has 1 atom stereocenters. The lowest BCUT2D eigenvalue weighted by Crippen LogP contribution is -2.47. The van der Waals surface area contributed by atoms with E-state index >= 15 is 0 Å². The second-order valence-electron chi connectivity index (χ2n) is 7.89. The third-order valence-electron chi connectivity index (χ3n) is 5.05. The van der Waals surface area contributed by atoms with Gasteiger partial charge in [0.05, 0.1) is 11.3 Å². The topological polar surface area (TPSA) is 92.3 Å². The summed E-state index contributed by atoms with van der Waals surface area (Å²) >= 11 is 0. The molecule has 0 spiro atoms. The lowest BCUT2D eigenvalue weighted by molar-refractivity contribution is -0.127. The molecular formula is C24H26N2O4S. The number of amides is 2. The number of benzene rings is 3. The van der Waals surface area contributed by atoms with Gasteiger partial charge in [-0.05, 0) is 46.5 Å². The maximum atomic E-state index is 12.8. The minimum atomic E-state index is -3.31. The molecule has 3 aromatic rings. The zero-order valence-electron chi connectivity index (χ0n) is 17.8. The van der Waals surface area contributed by atoms with Crippen LogP contribution in [-0.2, 0) is 25.8 Å². The van der Waals surface area contributed by atoms with Crippen molar-refractivity contribution in [3.63, 3.8) is 0 Å². The summed E-state index contributed by atoms with van der Waals surface area (Å²) in [6.45, 7) is 3.71. The predicted molar refractivity (Wildman–Crippen MR) is 123 cm³/mol. The molecule has 0 saturated carbocycles. The van der Waals surface area contributed by atoms with Crippen molar-refractivity contribution in [2.75, 3.05) is 11.6 Å². The molecule has 0 fully saturated rings. The van der Waals surface area contributed by atoms with Crippen LogP contribution in [0, 0.1) is 5.92 Å². The Morgan fingerprint density at radius 2 is 1.55 bits per heavy atom. The standard InChI is InChI=1S/C24H26N2O4S/c1-16(2)23(24(28)25-19-11-13-20(14-12-19)31(3,29)30)26-22(27)15-18-9-6-8-17-7-4-5-10-21(17)18/h4-14,16,23H,15H2,1-3H3,(H,25,28)(H,26,27)/t23-/m0/s1. The van der Waals surface area contributed by atoms with Crippen LogP contribution in [0.15, 0.2) is 71.6 Å². The summed E-state index contributed by atoms with van der Waals surface area (Å²) in [5.74, 6) is -0.724. The van der Waals surface area contributed by atoms with Crippen LogP contribution >= 0.6 is 0 Å². The van der Waals surface area contributed by atoms with Crippen molar-refractivity contribution >= 4 is 38.1 Å². The molecule has 0 unspecified atom stereocenters. The maximum Gasteiger partial charge on any atom is 0.247 e. The summed E-state index contributed by atoms with van der Waals surface area (Å²) in [4.78, 5) is 25.7. The molecule has 0 aliphatic carbocycles. The van der Waals surface area contributed by atoms with Crippen LogP contribution in [0.1, 0.15) is 19.4 Å². The number of rotatable bonds is 7. The normalized spacial score (nSPS) is 12.5. The Morgan fingerprint density at radius 1 is 0.903 bits per heavy atom. The fraction of sp³-hybridized carbons (Fsp3) is 0.250. The first kappa shape index (κ1) is 22.5. The second-order valence-corrected chi connectivity index (χ2v) is 9.91. The van der Waals surface area contributed by atoms with Crippen LogP contribution in [0.5, 0.6) is 0 Å². The van der Waals surface area contributed by atoms with E-state index in [2.05, 4.69) is 10.6 Å². The number of hydrogen-bond acceptors (Lipinski definition) is 4. The molecule has 2 amide bonds. The summed E-state index contributed by atoms with van der Waals surface area (Å²) in [7, 11) is -3.31. The highest BCUT2D eigenvalue weighted by Crippen LogP contribution is 2.19. The summed E-state index contributed by atoms with van der Waals surface area (Å²) in [6.07, 6.45) is 1.29. The van der Waals surface area contributed by atoms with E-state index in [9.17, 15) is 18.0 Å². The van der Waals surface area contributed by atoms with E-state index in [0.29, 0.717) is 5.69 Å². The fourth-order valence-corrected chi connectivity index (χ4v) is 4.01. The molecule has 0 aliphatic rings. The third-order valence-corrected chi connectivity index (χ3v) is 6.18. The molecule has 0 bridgehead atoms. The molecule has 3 rings (SSSR count). The van der Waals surface area contributed by atoms with Crippen molar-refractivity contribution in [3.05, 3.63) is 72.3 Å². The molecule has 0 saturated heterocycles. The molecule has 0 radical (unpaired) electrons. The lowest BCUT2D eigenvalue weighted by atomic mass is 10.00. The maximum absolute atomic E-state index is 12.8. The van der Waals surface area contributed by atoms with Crippen LogP contribution in [-0.4, -0.2) is 32.5 Å². The van der Waals surface area contributed by atoms with Gasteiger partial charge in [0.1, 0.15) is 6.04 Å². The molecule has 0 heterocycles. The quantitative estimate of drug-likeness (QED) is 0.590. The Labute approximate surface area is 182 Å². The smallest absolute Gasteiger partial charge is 0.247 e. The molecule has 3 aromatic carbocycles. The minimum absolute atomic E-state index is 0.133. The van der Waals surface area contributed by atoms with Crippen LogP contribution in [0.2, 0.25) is 0 Å². The first-order valence-corrected chi connectivity index (χ1v) is 11.9. The molecule has 0 aliphatic heterocycles. The van der Waals surface area contributed by atoms with Gasteiger partial charge in [0.15, 0.2) is 9.84 Å². The predicted octanol–water partition coefficient (Wildman–Crippen LogP) is 3.57. The molecule has 7 heteroatoms. The van der Waals surface area contributed by atoms with Crippen molar-refractivity contribution in [3.8, 4) is 0 Å². The van der Waals surface area contributed by atoms with Gasteiger partial charge in [-0.3, -0.25) is 9.59 Å². The average molecular weight is 439 g/mol. The Kier molecular flexibility index (Phi) is 6.75. The highest BCUT2D eigenvalue weighted by molar-refractivity contribution is 7.90. The molecule has 162 valence electrons. The van der Waals surface area contributed by atoms with E-state index in [1.807, 2.05) is 56.3 Å². The first-order chi connectivity index (χ1) is 14.6. The van der Waals surface area contributed by atoms with Gasteiger partial charge in [0.25, 0.3) is 0 Å². The zero-order chi connectivity index (χ0) is 22.6. The van der Waals surface area contributed by atoms with E-state index in [1.54, 1.807) is 0 Å². The van der Waals surface area contributed by atoms with Gasteiger partial charge in [-0.25, -0.2) is 8.42 Å². The Hall–Kier alpha value is -3.19. The number of sulfone groups is 1. The number of carbonyl (C=O) groups is 2. The third kappa shape index (κ3) is 5.70. The van der Waals surface area contributed by atoms with Gasteiger partial charge in [-0.15, -0.1) is 0 Å².